The lowest BCUT2D eigenvalue weighted by Crippen LogP contribution is -2.12. The van der Waals surface area contributed by atoms with Gasteiger partial charge in [-0.15, -0.1) is 10.2 Å². The van der Waals surface area contributed by atoms with E-state index in [1.807, 2.05) is 36.4 Å². The van der Waals surface area contributed by atoms with E-state index >= 15 is 0 Å². The Morgan fingerprint density at radius 2 is 1.89 bits per heavy atom. The summed E-state index contributed by atoms with van der Waals surface area (Å²) >= 11 is 0. The van der Waals surface area contributed by atoms with Gasteiger partial charge in [0.25, 0.3) is 0 Å². The van der Waals surface area contributed by atoms with Gasteiger partial charge in [-0.3, -0.25) is 0 Å². The average Bonchev–Trinajstić information content (AvgIpc) is 3.11. The van der Waals surface area contributed by atoms with Gasteiger partial charge in [0.2, 0.25) is 11.8 Å². The third-order valence-electron chi connectivity index (χ3n) is 2.67. The zero-order chi connectivity index (χ0) is 12.9. The van der Waals surface area contributed by atoms with Crippen molar-refractivity contribution in [2.75, 3.05) is 0 Å². The van der Waals surface area contributed by atoms with Gasteiger partial charge in [-0.25, -0.2) is 0 Å². The number of nitrogens with zero attached hydrogens (tertiary/aromatic N) is 2. The van der Waals surface area contributed by atoms with Gasteiger partial charge < -0.3 is 14.2 Å². The van der Waals surface area contributed by atoms with Crippen LogP contribution in [0, 0.1) is 0 Å². The molecule has 0 unspecified atom stereocenters. The van der Waals surface area contributed by atoms with Crippen molar-refractivity contribution in [3.63, 3.8) is 0 Å². The second-order valence-electron chi connectivity index (χ2n) is 4.10. The van der Waals surface area contributed by atoms with Gasteiger partial charge in [0.15, 0.2) is 0 Å². The number of aromatic nitrogens is 2. The zero-order valence-corrected chi connectivity index (χ0v) is 10.2. The summed E-state index contributed by atoms with van der Waals surface area (Å²) in [6, 6.07) is 11.6. The zero-order valence-electron chi connectivity index (χ0n) is 10.2. The first-order valence-corrected chi connectivity index (χ1v) is 6.01. The van der Waals surface area contributed by atoms with Gasteiger partial charge in [0, 0.05) is 17.7 Å². The fourth-order valence-corrected chi connectivity index (χ4v) is 1.73. The number of hydrogen-bond donors (Lipinski definition) is 1. The summed E-state index contributed by atoms with van der Waals surface area (Å²) in [5.74, 6) is 1.11. The Morgan fingerprint density at radius 1 is 1.00 bits per heavy atom. The first kappa shape index (κ1) is 11.7. The maximum atomic E-state index is 5.58. The molecule has 0 bridgehead atoms. The summed E-state index contributed by atoms with van der Waals surface area (Å²) < 4.78 is 10.6. The van der Waals surface area contributed by atoms with Gasteiger partial charge in [-0.2, -0.15) is 0 Å². The summed E-state index contributed by atoms with van der Waals surface area (Å²) in [6.45, 7) is 1.24. The highest BCUT2D eigenvalue weighted by Crippen LogP contribution is 2.16. The number of nitrogens with one attached hydrogen (secondary N) is 1. The molecule has 0 saturated carbocycles. The smallest absolute Gasteiger partial charge is 0.247 e. The third kappa shape index (κ3) is 2.89. The van der Waals surface area contributed by atoms with E-state index in [1.165, 1.54) is 0 Å². The molecule has 0 spiro atoms. The lowest BCUT2D eigenvalue weighted by Gasteiger charge is -1.97. The second-order valence-corrected chi connectivity index (χ2v) is 4.10. The number of benzene rings is 1. The highest BCUT2D eigenvalue weighted by Gasteiger charge is 2.07. The van der Waals surface area contributed by atoms with Crippen LogP contribution in [0.4, 0.5) is 0 Å². The Kier molecular flexibility index (Phi) is 3.38. The van der Waals surface area contributed by atoms with Gasteiger partial charge in [0.05, 0.1) is 19.1 Å². The molecule has 1 N–H and O–H groups in total. The standard InChI is InChI=1S/C14H13N3O2/c1-2-4-12(5-3-1)14-17-16-13(19-14)9-15-8-11-6-7-18-10-11/h1-7,10,15H,8-9H2. The van der Waals surface area contributed by atoms with E-state index in [2.05, 4.69) is 15.5 Å². The van der Waals surface area contributed by atoms with Crippen molar-refractivity contribution >= 4 is 0 Å². The minimum atomic E-state index is 0.533. The van der Waals surface area contributed by atoms with Crippen molar-refractivity contribution in [2.24, 2.45) is 0 Å². The Labute approximate surface area is 110 Å². The van der Waals surface area contributed by atoms with Gasteiger partial charge in [-0.1, -0.05) is 18.2 Å². The molecular formula is C14H13N3O2. The van der Waals surface area contributed by atoms with E-state index in [0.29, 0.717) is 24.9 Å². The van der Waals surface area contributed by atoms with Crippen LogP contribution in [-0.4, -0.2) is 10.2 Å². The predicted molar refractivity (Wildman–Crippen MR) is 69.0 cm³/mol. The van der Waals surface area contributed by atoms with Gasteiger partial charge in [0.1, 0.15) is 0 Å². The molecule has 0 aliphatic carbocycles. The quantitative estimate of drug-likeness (QED) is 0.759. The first-order chi connectivity index (χ1) is 9.42. The van der Waals surface area contributed by atoms with E-state index in [0.717, 1.165) is 11.1 Å². The van der Waals surface area contributed by atoms with Crippen LogP contribution in [-0.2, 0) is 13.1 Å². The van der Waals surface area contributed by atoms with Crippen LogP contribution in [0.15, 0.2) is 57.8 Å². The van der Waals surface area contributed by atoms with Crippen LogP contribution in [0.3, 0.4) is 0 Å². The summed E-state index contributed by atoms with van der Waals surface area (Å²) in [4.78, 5) is 0. The molecule has 3 rings (SSSR count). The minimum absolute atomic E-state index is 0.533. The molecule has 19 heavy (non-hydrogen) atoms. The number of hydrogen-bond acceptors (Lipinski definition) is 5. The summed E-state index contributed by atoms with van der Waals surface area (Å²) in [5.41, 5.74) is 2.01. The van der Waals surface area contributed by atoms with Crippen LogP contribution in [0.25, 0.3) is 11.5 Å². The number of rotatable bonds is 5. The van der Waals surface area contributed by atoms with Crippen molar-refractivity contribution in [2.45, 2.75) is 13.1 Å². The van der Waals surface area contributed by atoms with Crippen LogP contribution in [0.2, 0.25) is 0 Å². The van der Waals surface area contributed by atoms with Crippen LogP contribution < -0.4 is 5.32 Å². The SMILES string of the molecule is c1ccc(-c2nnc(CNCc3ccoc3)o2)cc1. The minimum Gasteiger partial charge on any atom is -0.472 e. The topological polar surface area (TPSA) is 64.1 Å². The van der Waals surface area contributed by atoms with Crippen LogP contribution >= 0.6 is 0 Å². The Balaban J connectivity index is 1.59. The average molecular weight is 255 g/mol. The molecule has 0 fully saturated rings. The van der Waals surface area contributed by atoms with Crippen molar-refractivity contribution in [1.29, 1.82) is 0 Å². The van der Waals surface area contributed by atoms with Crippen molar-refractivity contribution < 1.29 is 8.83 Å². The monoisotopic (exact) mass is 255 g/mol. The molecule has 0 saturated heterocycles. The predicted octanol–water partition coefficient (Wildman–Crippen LogP) is 2.62. The van der Waals surface area contributed by atoms with Crippen molar-refractivity contribution in [1.82, 2.24) is 15.5 Å². The highest BCUT2D eigenvalue weighted by atomic mass is 16.4. The maximum Gasteiger partial charge on any atom is 0.247 e. The van der Waals surface area contributed by atoms with E-state index in [9.17, 15) is 0 Å². The lowest BCUT2D eigenvalue weighted by molar-refractivity contribution is 0.476. The highest BCUT2D eigenvalue weighted by molar-refractivity contribution is 5.51. The molecule has 3 aromatic rings. The molecule has 0 amide bonds. The van der Waals surface area contributed by atoms with Crippen LogP contribution in [0.1, 0.15) is 11.5 Å². The largest absolute Gasteiger partial charge is 0.472 e. The molecule has 5 nitrogen and oxygen atoms in total. The molecule has 96 valence electrons. The molecule has 0 atom stereocenters. The molecule has 0 radical (unpaired) electrons. The summed E-state index contributed by atoms with van der Waals surface area (Å²) in [7, 11) is 0. The van der Waals surface area contributed by atoms with E-state index in [-0.39, 0.29) is 0 Å². The Bertz CT molecular complexity index is 617. The van der Waals surface area contributed by atoms with Crippen molar-refractivity contribution in [3.05, 3.63) is 60.4 Å². The molecule has 0 aliphatic rings. The summed E-state index contributed by atoms with van der Waals surface area (Å²) in [6.07, 6.45) is 3.35. The third-order valence-corrected chi connectivity index (χ3v) is 2.67. The van der Waals surface area contributed by atoms with Gasteiger partial charge in [-0.05, 0) is 18.2 Å². The van der Waals surface area contributed by atoms with E-state index in [1.54, 1.807) is 12.5 Å². The second kappa shape index (κ2) is 5.49. The summed E-state index contributed by atoms with van der Waals surface area (Å²) in [5, 5.41) is 11.2. The molecule has 5 heteroatoms. The maximum absolute atomic E-state index is 5.58. The van der Waals surface area contributed by atoms with Crippen LogP contribution in [0.5, 0.6) is 0 Å². The lowest BCUT2D eigenvalue weighted by atomic mass is 10.2. The molecular weight excluding hydrogens is 242 g/mol. The molecule has 2 aromatic heterocycles. The molecule has 1 aromatic carbocycles. The number of furan rings is 1. The molecule has 2 heterocycles. The van der Waals surface area contributed by atoms with Gasteiger partial charge >= 0.3 is 0 Å². The normalized spacial score (nSPS) is 10.7. The van der Waals surface area contributed by atoms with E-state index < -0.39 is 0 Å². The van der Waals surface area contributed by atoms with Crippen molar-refractivity contribution in [3.8, 4) is 11.5 Å². The Hall–Kier alpha value is -2.40. The van der Waals surface area contributed by atoms with E-state index in [4.69, 9.17) is 8.83 Å². The fraction of sp³-hybridized carbons (Fsp3) is 0.143. The first-order valence-electron chi connectivity index (χ1n) is 6.01. The Morgan fingerprint density at radius 3 is 2.68 bits per heavy atom. The molecule has 0 aliphatic heterocycles. The fourth-order valence-electron chi connectivity index (χ4n) is 1.73.